The molecule has 0 saturated carbocycles. The first-order chi connectivity index (χ1) is 13.2. The van der Waals surface area contributed by atoms with Gasteiger partial charge in [0.2, 0.25) is 0 Å². The molecule has 2 aromatic heterocycles. The Kier molecular flexibility index (Phi) is 4.77. The molecule has 0 atom stereocenters. The Labute approximate surface area is 161 Å². The average molecular weight is 373 g/mol. The van der Waals surface area contributed by atoms with Crippen LogP contribution < -0.4 is 5.56 Å². The summed E-state index contributed by atoms with van der Waals surface area (Å²) >= 11 is 1.63. The predicted octanol–water partition coefficient (Wildman–Crippen LogP) is 4.73. The number of fused-ring (bicyclic) bond motifs is 1. The molecule has 0 radical (unpaired) electrons. The monoisotopic (exact) mass is 373 g/mol. The zero-order valence-electron chi connectivity index (χ0n) is 15.2. The second kappa shape index (κ2) is 7.37. The first kappa shape index (κ1) is 17.5. The lowest BCUT2D eigenvalue weighted by atomic mass is 10.0. The van der Waals surface area contributed by atoms with Crippen molar-refractivity contribution in [1.29, 1.82) is 0 Å². The Morgan fingerprint density at radius 2 is 1.85 bits per heavy atom. The van der Waals surface area contributed by atoms with Crippen molar-refractivity contribution in [2.75, 3.05) is 6.26 Å². The van der Waals surface area contributed by atoms with Gasteiger partial charge >= 0.3 is 0 Å². The number of pyridine rings is 1. The first-order valence-corrected chi connectivity index (χ1v) is 10.0. The minimum absolute atomic E-state index is 0.0480. The summed E-state index contributed by atoms with van der Waals surface area (Å²) in [4.78, 5) is 23.7. The highest BCUT2D eigenvalue weighted by Crippen LogP contribution is 2.28. The fourth-order valence-electron chi connectivity index (χ4n) is 3.27. The lowest BCUT2D eigenvalue weighted by Gasteiger charge is -2.14. The number of hydrogen-bond acceptors (Lipinski definition) is 4. The molecule has 0 N–H and O–H groups in total. The number of para-hydroxylation sites is 1. The van der Waals surface area contributed by atoms with Gasteiger partial charge in [0, 0.05) is 29.3 Å². The molecule has 0 aliphatic heterocycles. The van der Waals surface area contributed by atoms with Crippen molar-refractivity contribution in [3.8, 4) is 16.8 Å². The van der Waals surface area contributed by atoms with E-state index in [1.54, 1.807) is 22.5 Å². The predicted molar refractivity (Wildman–Crippen MR) is 112 cm³/mol. The summed E-state index contributed by atoms with van der Waals surface area (Å²) in [6.07, 6.45) is 6.32. The summed E-state index contributed by atoms with van der Waals surface area (Å²) in [5.74, 6) is 0.756. The molecule has 0 amide bonds. The third-order valence-electron chi connectivity index (χ3n) is 4.56. The molecule has 4 nitrogen and oxygen atoms in total. The van der Waals surface area contributed by atoms with Crippen LogP contribution in [0.1, 0.15) is 12.7 Å². The highest BCUT2D eigenvalue weighted by Gasteiger charge is 2.15. The van der Waals surface area contributed by atoms with Crippen LogP contribution in [-0.4, -0.2) is 20.8 Å². The fraction of sp³-hybridized carbons (Fsp3) is 0.136. The van der Waals surface area contributed by atoms with Crippen LogP contribution in [-0.2, 0) is 6.42 Å². The Morgan fingerprint density at radius 1 is 1.04 bits per heavy atom. The van der Waals surface area contributed by atoms with E-state index in [2.05, 4.69) is 11.1 Å². The van der Waals surface area contributed by atoms with E-state index in [4.69, 9.17) is 4.98 Å². The van der Waals surface area contributed by atoms with Crippen molar-refractivity contribution in [1.82, 2.24) is 14.5 Å². The molecule has 4 rings (SSSR count). The minimum atomic E-state index is -0.0480. The number of benzene rings is 2. The molecule has 2 heterocycles. The molecule has 0 saturated heterocycles. The van der Waals surface area contributed by atoms with Gasteiger partial charge in [0.1, 0.15) is 5.82 Å². The van der Waals surface area contributed by atoms with Gasteiger partial charge in [0.25, 0.3) is 5.56 Å². The van der Waals surface area contributed by atoms with Gasteiger partial charge in [-0.1, -0.05) is 37.3 Å². The molecule has 4 aromatic rings. The van der Waals surface area contributed by atoms with Crippen molar-refractivity contribution >= 4 is 22.7 Å². The molecule has 2 aromatic carbocycles. The van der Waals surface area contributed by atoms with E-state index < -0.39 is 0 Å². The molecule has 134 valence electrons. The molecular weight excluding hydrogens is 354 g/mol. The van der Waals surface area contributed by atoms with E-state index in [1.807, 2.05) is 67.9 Å². The highest BCUT2D eigenvalue weighted by atomic mass is 32.2. The molecule has 5 heteroatoms. The second-order valence-corrected chi connectivity index (χ2v) is 7.05. The van der Waals surface area contributed by atoms with Crippen LogP contribution in [0, 0.1) is 0 Å². The third kappa shape index (κ3) is 3.15. The summed E-state index contributed by atoms with van der Waals surface area (Å²) in [6.45, 7) is 2.02. The zero-order valence-corrected chi connectivity index (χ0v) is 16.0. The van der Waals surface area contributed by atoms with Crippen LogP contribution in [0.5, 0.6) is 0 Å². The number of rotatable bonds is 4. The van der Waals surface area contributed by atoms with E-state index in [0.29, 0.717) is 11.8 Å². The first-order valence-electron chi connectivity index (χ1n) is 8.82. The summed E-state index contributed by atoms with van der Waals surface area (Å²) in [5.41, 5.74) is 3.29. The molecule has 0 unspecified atom stereocenters. The molecule has 0 bridgehead atoms. The summed E-state index contributed by atoms with van der Waals surface area (Å²) in [6, 6.07) is 17.6. The van der Waals surface area contributed by atoms with Crippen molar-refractivity contribution in [2.24, 2.45) is 0 Å². The van der Waals surface area contributed by atoms with Crippen molar-refractivity contribution in [2.45, 2.75) is 18.2 Å². The van der Waals surface area contributed by atoms with Crippen LogP contribution in [0.15, 0.2) is 76.7 Å². The van der Waals surface area contributed by atoms with Gasteiger partial charge in [-0.2, -0.15) is 0 Å². The highest BCUT2D eigenvalue weighted by molar-refractivity contribution is 7.98. The average Bonchev–Trinajstić information content (AvgIpc) is 2.73. The smallest absolute Gasteiger partial charge is 0.266 e. The van der Waals surface area contributed by atoms with Crippen LogP contribution in [0.4, 0.5) is 0 Å². The largest absolute Gasteiger partial charge is 0.268 e. The van der Waals surface area contributed by atoms with E-state index in [0.717, 1.165) is 33.1 Å². The minimum Gasteiger partial charge on any atom is -0.268 e. The van der Waals surface area contributed by atoms with E-state index in [9.17, 15) is 4.79 Å². The zero-order chi connectivity index (χ0) is 18.8. The van der Waals surface area contributed by atoms with E-state index in [1.165, 1.54) is 0 Å². The van der Waals surface area contributed by atoms with E-state index >= 15 is 0 Å². The van der Waals surface area contributed by atoms with Crippen molar-refractivity contribution in [3.63, 3.8) is 0 Å². The lowest BCUT2D eigenvalue weighted by Crippen LogP contribution is -2.24. The van der Waals surface area contributed by atoms with Crippen LogP contribution >= 0.6 is 11.8 Å². The normalized spacial score (nSPS) is 11.0. The van der Waals surface area contributed by atoms with Crippen molar-refractivity contribution < 1.29 is 0 Å². The van der Waals surface area contributed by atoms with Gasteiger partial charge in [-0.15, -0.1) is 11.8 Å². The molecule has 0 fully saturated rings. The van der Waals surface area contributed by atoms with Gasteiger partial charge in [0.15, 0.2) is 0 Å². The quantitative estimate of drug-likeness (QED) is 0.485. The molecule has 0 aliphatic carbocycles. The molecule has 27 heavy (non-hydrogen) atoms. The maximum atomic E-state index is 13.6. The van der Waals surface area contributed by atoms with Gasteiger partial charge in [0.05, 0.1) is 16.6 Å². The number of aryl methyl sites for hydroxylation is 1. The van der Waals surface area contributed by atoms with Crippen LogP contribution in [0.25, 0.3) is 27.7 Å². The maximum Gasteiger partial charge on any atom is 0.266 e. The molecule has 0 spiro atoms. The maximum absolute atomic E-state index is 13.6. The standard InChI is InChI=1S/C22H19N3OS/c1-3-20-24-19-11-7-10-18(15-12-17(27-2)14-23-13-15)21(19)22(26)25(20)16-8-5-4-6-9-16/h4-14H,3H2,1-2H3. The van der Waals surface area contributed by atoms with Gasteiger partial charge in [-0.05, 0) is 36.1 Å². The van der Waals surface area contributed by atoms with Crippen molar-refractivity contribution in [3.05, 3.63) is 83.2 Å². The Morgan fingerprint density at radius 3 is 2.59 bits per heavy atom. The van der Waals surface area contributed by atoms with Crippen LogP contribution in [0.2, 0.25) is 0 Å². The van der Waals surface area contributed by atoms with Gasteiger partial charge in [-0.3, -0.25) is 14.3 Å². The van der Waals surface area contributed by atoms with Crippen LogP contribution in [0.3, 0.4) is 0 Å². The number of hydrogen-bond donors (Lipinski definition) is 0. The Hall–Kier alpha value is -2.92. The molecule has 0 aliphatic rings. The fourth-order valence-corrected chi connectivity index (χ4v) is 3.69. The number of nitrogens with zero attached hydrogens (tertiary/aromatic N) is 3. The van der Waals surface area contributed by atoms with Gasteiger partial charge in [-0.25, -0.2) is 4.98 Å². The number of thioether (sulfide) groups is 1. The van der Waals surface area contributed by atoms with Gasteiger partial charge < -0.3 is 0 Å². The topological polar surface area (TPSA) is 47.8 Å². The Bertz CT molecular complexity index is 1170. The summed E-state index contributed by atoms with van der Waals surface area (Å²) in [5, 5.41) is 0.624. The lowest BCUT2D eigenvalue weighted by molar-refractivity contribution is 0.833. The summed E-state index contributed by atoms with van der Waals surface area (Å²) in [7, 11) is 0. The molecular formula is C22H19N3OS. The number of aromatic nitrogens is 3. The van der Waals surface area contributed by atoms with E-state index in [-0.39, 0.29) is 5.56 Å². The Balaban J connectivity index is 2.07. The second-order valence-electron chi connectivity index (χ2n) is 6.17. The SMILES string of the molecule is CCc1nc2cccc(-c3cncc(SC)c3)c2c(=O)n1-c1ccccc1. The third-order valence-corrected chi connectivity index (χ3v) is 5.25. The summed E-state index contributed by atoms with van der Waals surface area (Å²) < 4.78 is 1.72.